The molecule has 2 fully saturated rings. The molecule has 5 N–H and O–H groups in total. The lowest BCUT2D eigenvalue weighted by molar-refractivity contribution is -0.141. The third-order valence-corrected chi connectivity index (χ3v) is 10.7. The van der Waals surface area contributed by atoms with Crippen molar-refractivity contribution >= 4 is 24.0 Å². The maximum absolute atomic E-state index is 13.9. The van der Waals surface area contributed by atoms with Crippen molar-refractivity contribution < 1.29 is 28.7 Å². The summed E-state index contributed by atoms with van der Waals surface area (Å²) in [6, 6.07) is 24.2. The van der Waals surface area contributed by atoms with Crippen molar-refractivity contribution in [2.75, 3.05) is 20.2 Å². The van der Waals surface area contributed by atoms with Crippen molar-refractivity contribution in [1.29, 1.82) is 0 Å². The minimum Gasteiger partial charge on any atom is -0.453 e. The highest BCUT2D eigenvalue weighted by Gasteiger charge is 2.39. The predicted octanol–water partition coefficient (Wildman–Crippen LogP) is 6.18. The highest BCUT2D eigenvalue weighted by molar-refractivity contribution is 5.87. The van der Waals surface area contributed by atoms with E-state index in [1.54, 1.807) is 71.0 Å². The van der Waals surface area contributed by atoms with E-state index < -0.39 is 24.3 Å². The number of aromatic nitrogens is 6. The minimum atomic E-state index is -1.16. The van der Waals surface area contributed by atoms with Crippen molar-refractivity contribution in [1.82, 2.24) is 45.0 Å². The Morgan fingerprint density at radius 3 is 1.81 bits per heavy atom. The van der Waals surface area contributed by atoms with E-state index in [1.165, 1.54) is 7.11 Å². The lowest BCUT2D eigenvalue weighted by atomic mass is 10.1. The Kier molecular flexibility index (Phi) is 11.1. The van der Waals surface area contributed by atoms with E-state index in [0.717, 1.165) is 36.1 Å². The molecule has 3 aromatic carbocycles. The number of hydrogen-bond donors (Lipinski definition) is 4. The number of hydrogen-bond acceptors (Lipinski definition) is 10. The van der Waals surface area contributed by atoms with Crippen LogP contribution in [0, 0.1) is 0 Å². The monoisotopic (exact) mass is 794 g/mol. The van der Waals surface area contributed by atoms with Crippen molar-refractivity contribution in [2.45, 2.75) is 49.9 Å². The molecule has 8 rings (SSSR count). The number of likely N-dealkylation sites (tertiary alicyclic amines) is 2. The molecular weight excluding hydrogens is 753 g/mol. The molecule has 0 radical (unpaired) electrons. The second kappa shape index (κ2) is 17.0. The van der Waals surface area contributed by atoms with Crippen LogP contribution in [-0.2, 0) is 19.1 Å². The summed E-state index contributed by atoms with van der Waals surface area (Å²) in [6.45, 7) is 1.01. The number of carbonyl (C=O) groups excluding carboxylic acids is 4. The lowest BCUT2D eigenvalue weighted by Gasteiger charge is -2.28. The number of H-pyrrole nitrogens is 2. The number of rotatable bonds is 11. The van der Waals surface area contributed by atoms with E-state index in [4.69, 9.17) is 15.2 Å². The summed E-state index contributed by atoms with van der Waals surface area (Å²) in [5.74, 6) is 0.669. The summed E-state index contributed by atoms with van der Waals surface area (Å²) < 4.78 is 10.1. The van der Waals surface area contributed by atoms with E-state index in [1.807, 2.05) is 48.5 Å². The fraction of sp³-hybridized carbons (Fsp3) is 0.256. The Balaban J connectivity index is 0.928. The van der Waals surface area contributed by atoms with E-state index >= 15 is 0 Å². The van der Waals surface area contributed by atoms with Crippen LogP contribution < -0.4 is 11.1 Å². The molecular formula is C43H42N10O6. The molecule has 2 saturated heterocycles. The third-order valence-electron chi connectivity index (χ3n) is 10.7. The van der Waals surface area contributed by atoms with E-state index in [9.17, 15) is 19.2 Å². The van der Waals surface area contributed by atoms with Crippen LogP contribution in [0.5, 0.6) is 0 Å². The Morgan fingerprint density at radius 1 is 0.678 bits per heavy atom. The number of nitrogens with zero attached hydrogens (tertiary/aromatic N) is 6. The molecule has 5 heterocycles. The van der Waals surface area contributed by atoms with Crippen LogP contribution in [0.1, 0.15) is 72.7 Å². The van der Waals surface area contributed by atoms with Gasteiger partial charge in [-0.25, -0.2) is 19.6 Å². The zero-order chi connectivity index (χ0) is 40.9. The normalized spacial score (nSPS) is 17.3. The first-order valence-corrected chi connectivity index (χ1v) is 19.3. The standard InChI is InChI=1S/C43H42N10O6/c1-58-43(57)51-36(28-10-4-2-5-11-28)40(54)52-20-8-14-34(52)38-47-23-31(49-38)27-18-16-26(17-19-27)30-22-46-32(24-45-30)33-25-48-39(50-33)35-15-9-21-53(35)41(55)37(59-42(44)56)29-12-6-3-7-13-29/h2-7,10-13,16-19,22-25,34-37H,8-9,14-15,20-21H2,1H3,(H2,44,56)(H,47,49)(H,48,50)(H,51,57)/t34-,35-,36+,37+/m0/s1. The van der Waals surface area contributed by atoms with Crippen molar-refractivity contribution in [3.8, 4) is 33.9 Å². The van der Waals surface area contributed by atoms with Gasteiger partial charge in [-0.1, -0.05) is 84.9 Å². The van der Waals surface area contributed by atoms with E-state index in [-0.39, 0.29) is 23.9 Å². The van der Waals surface area contributed by atoms with Crippen LogP contribution in [-0.4, -0.2) is 83.9 Å². The van der Waals surface area contributed by atoms with Gasteiger partial charge in [0.25, 0.3) is 11.8 Å². The molecule has 0 unspecified atom stereocenters. The van der Waals surface area contributed by atoms with Crippen molar-refractivity contribution in [3.05, 3.63) is 132 Å². The van der Waals surface area contributed by atoms with Gasteiger partial charge in [0, 0.05) is 24.2 Å². The Bertz CT molecular complexity index is 2420. The zero-order valence-electron chi connectivity index (χ0n) is 32.2. The summed E-state index contributed by atoms with van der Waals surface area (Å²) in [4.78, 5) is 80.3. The average Bonchev–Trinajstić information content (AvgIpc) is 4.12. The van der Waals surface area contributed by atoms with Gasteiger partial charge < -0.3 is 40.3 Å². The number of ether oxygens (including phenoxy) is 2. The molecule has 0 spiro atoms. The van der Waals surface area contributed by atoms with Gasteiger partial charge in [0.2, 0.25) is 6.10 Å². The van der Waals surface area contributed by atoms with Crippen molar-refractivity contribution in [3.63, 3.8) is 0 Å². The maximum Gasteiger partial charge on any atom is 0.407 e. The predicted molar refractivity (Wildman–Crippen MR) is 215 cm³/mol. The first-order chi connectivity index (χ1) is 28.8. The van der Waals surface area contributed by atoms with Gasteiger partial charge in [-0.05, 0) is 36.8 Å². The molecule has 3 aromatic heterocycles. The first-order valence-electron chi connectivity index (χ1n) is 19.3. The topological polar surface area (TPSA) is 214 Å². The van der Waals surface area contributed by atoms with Gasteiger partial charge in [-0.2, -0.15) is 0 Å². The second-order valence-corrected chi connectivity index (χ2v) is 14.3. The number of amides is 4. The first kappa shape index (κ1) is 38.5. The van der Waals surface area contributed by atoms with Gasteiger partial charge in [0.15, 0.2) is 0 Å². The number of alkyl carbamates (subject to hydrolysis) is 1. The summed E-state index contributed by atoms with van der Waals surface area (Å²) in [5.41, 5.74) is 11.0. The largest absolute Gasteiger partial charge is 0.453 e. The average molecular weight is 795 g/mol. The smallest absolute Gasteiger partial charge is 0.407 e. The molecule has 6 aromatic rings. The summed E-state index contributed by atoms with van der Waals surface area (Å²) in [7, 11) is 1.27. The highest BCUT2D eigenvalue weighted by atomic mass is 16.6. The van der Waals surface area contributed by atoms with Crippen LogP contribution >= 0.6 is 0 Å². The molecule has 0 bridgehead atoms. The van der Waals surface area contributed by atoms with Crippen LogP contribution in [0.25, 0.3) is 33.9 Å². The van der Waals surface area contributed by atoms with Gasteiger partial charge >= 0.3 is 12.2 Å². The second-order valence-electron chi connectivity index (χ2n) is 14.3. The molecule has 2 aliphatic rings. The molecule has 16 heteroatoms. The van der Waals surface area contributed by atoms with Gasteiger partial charge in [-0.3, -0.25) is 19.6 Å². The minimum absolute atomic E-state index is 0.232. The highest BCUT2D eigenvalue weighted by Crippen LogP contribution is 2.36. The molecule has 4 atom stereocenters. The fourth-order valence-corrected chi connectivity index (χ4v) is 7.79. The number of benzene rings is 3. The van der Waals surface area contributed by atoms with Gasteiger partial charge in [0.05, 0.1) is 61.1 Å². The molecule has 59 heavy (non-hydrogen) atoms. The Morgan fingerprint density at radius 2 is 1.22 bits per heavy atom. The lowest BCUT2D eigenvalue weighted by Crippen LogP contribution is -2.42. The molecule has 16 nitrogen and oxygen atoms in total. The van der Waals surface area contributed by atoms with E-state index in [0.29, 0.717) is 59.4 Å². The summed E-state index contributed by atoms with van der Waals surface area (Å²) >= 11 is 0. The molecule has 2 aliphatic heterocycles. The van der Waals surface area contributed by atoms with Crippen LogP contribution in [0.15, 0.2) is 110 Å². The number of carbonyl (C=O) groups is 4. The van der Waals surface area contributed by atoms with Gasteiger partial charge in [-0.15, -0.1) is 0 Å². The van der Waals surface area contributed by atoms with Crippen LogP contribution in [0.3, 0.4) is 0 Å². The summed E-state index contributed by atoms with van der Waals surface area (Å²) in [6.07, 6.45) is 6.89. The maximum atomic E-state index is 13.9. The number of methoxy groups -OCH3 is 1. The van der Waals surface area contributed by atoms with Crippen LogP contribution in [0.2, 0.25) is 0 Å². The number of nitrogens with two attached hydrogens (primary N) is 1. The Hall–Kier alpha value is -7.36. The number of imidazole rings is 2. The number of nitrogens with one attached hydrogen (secondary N) is 3. The SMILES string of the molecule is COC(=O)N[C@@H](C(=O)N1CCC[C@H]1c1ncc(-c2ccc(-c3cnc(-c4cnc([C@@H]5CCCN5C(=O)[C@H](OC(N)=O)c5ccccc5)[nH]4)cn3)cc2)[nH]1)c1ccccc1. The quantitative estimate of drug-likeness (QED) is 0.117. The van der Waals surface area contributed by atoms with Crippen molar-refractivity contribution in [2.24, 2.45) is 5.73 Å². The molecule has 300 valence electrons. The van der Waals surface area contributed by atoms with E-state index in [2.05, 4.69) is 35.2 Å². The van der Waals surface area contributed by atoms with Gasteiger partial charge in [0.1, 0.15) is 23.4 Å². The van der Waals surface area contributed by atoms with Crippen LogP contribution in [0.4, 0.5) is 9.59 Å². The fourth-order valence-electron chi connectivity index (χ4n) is 7.79. The molecule has 0 aliphatic carbocycles. The molecule has 0 saturated carbocycles. The number of primary amides is 1. The Labute approximate surface area is 339 Å². The zero-order valence-corrected chi connectivity index (χ0v) is 32.2. The third kappa shape index (κ3) is 8.23. The summed E-state index contributed by atoms with van der Waals surface area (Å²) in [5, 5.41) is 2.70. The number of aromatic amines is 2. The molecule has 4 amide bonds.